The van der Waals surface area contributed by atoms with Crippen LogP contribution >= 0.6 is 15.9 Å². The molecule has 0 spiro atoms. The van der Waals surface area contributed by atoms with E-state index in [0.717, 1.165) is 23.9 Å². The van der Waals surface area contributed by atoms with Gasteiger partial charge in [-0.2, -0.15) is 0 Å². The SMILES string of the molecule is Cc1cccc(CCNC(C)Cc2ccc(Br)cc2)c1. The summed E-state index contributed by atoms with van der Waals surface area (Å²) in [5, 5.41) is 3.60. The van der Waals surface area contributed by atoms with Crippen molar-refractivity contribution in [1.29, 1.82) is 0 Å². The quantitative estimate of drug-likeness (QED) is 0.820. The van der Waals surface area contributed by atoms with E-state index in [1.807, 2.05) is 0 Å². The molecule has 2 rings (SSSR count). The summed E-state index contributed by atoms with van der Waals surface area (Å²) in [5.41, 5.74) is 4.13. The molecule has 2 aromatic rings. The van der Waals surface area contributed by atoms with E-state index in [2.05, 4.69) is 83.6 Å². The third-order valence-electron chi connectivity index (χ3n) is 3.44. The molecule has 0 aliphatic heterocycles. The number of nitrogens with one attached hydrogen (secondary N) is 1. The zero-order chi connectivity index (χ0) is 14.4. The minimum Gasteiger partial charge on any atom is -0.314 e. The van der Waals surface area contributed by atoms with Crippen molar-refractivity contribution in [2.45, 2.75) is 32.7 Å². The number of aryl methyl sites for hydroxylation is 1. The molecule has 20 heavy (non-hydrogen) atoms. The summed E-state index contributed by atoms with van der Waals surface area (Å²) in [6, 6.07) is 17.8. The predicted molar refractivity (Wildman–Crippen MR) is 90.2 cm³/mol. The van der Waals surface area contributed by atoms with Gasteiger partial charge in [0, 0.05) is 10.5 Å². The van der Waals surface area contributed by atoms with Crippen molar-refractivity contribution >= 4 is 15.9 Å². The normalized spacial score (nSPS) is 12.3. The Morgan fingerprint density at radius 3 is 2.50 bits per heavy atom. The van der Waals surface area contributed by atoms with Gasteiger partial charge in [-0.05, 0) is 56.5 Å². The lowest BCUT2D eigenvalue weighted by atomic mass is 10.1. The fourth-order valence-electron chi connectivity index (χ4n) is 2.38. The lowest BCUT2D eigenvalue weighted by molar-refractivity contribution is 0.548. The van der Waals surface area contributed by atoms with Crippen molar-refractivity contribution < 1.29 is 0 Å². The largest absolute Gasteiger partial charge is 0.314 e. The average molecular weight is 332 g/mol. The second-order valence-corrected chi connectivity index (χ2v) is 6.34. The van der Waals surface area contributed by atoms with Crippen LogP contribution in [0.1, 0.15) is 23.6 Å². The van der Waals surface area contributed by atoms with Crippen molar-refractivity contribution in [2.24, 2.45) is 0 Å². The molecule has 1 unspecified atom stereocenters. The first-order valence-corrected chi connectivity index (χ1v) is 7.96. The molecular formula is C18H22BrN. The van der Waals surface area contributed by atoms with Crippen LogP contribution in [0.25, 0.3) is 0 Å². The molecule has 0 aliphatic rings. The highest BCUT2D eigenvalue weighted by Crippen LogP contribution is 2.12. The Balaban J connectivity index is 1.75. The molecule has 1 N–H and O–H groups in total. The molecule has 0 bridgehead atoms. The van der Waals surface area contributed by atoms with E-state index < -0.39 is 0 Å². The molecular weight excluding hydrogens is 310 g/mol. The summed E-state index contributed by atoms with van der Waals surface area (Å²) < 4.78 is 1.14. The minimum absolute atomic E-state index is 0.501. The third-order valence-corrected chi connectivity index (χ3v) is 3.97. The minimum atomic E-state index is 0.501. The van der Waals surface area contributed by atoms with Gasteiger partial charge in [-0.15, -0.1) is 0 Å². The van der Waals surface area contributed by atoms with Crippen LogP contribution in [0.15, 0.2) is 53.0 Å². The fraction of sp³-hybridized carbons (Fsp3) is 0.333. The molecule has 0 aliphatic carbocycles. The Morgan fingerprint density at radius 1 is 1.05 bits per heavy atom. The van der Waals surface area contributed by atoms with Gasteiger partial charge >= 0.3 is 0 Å². The van der Waals surface area contributed by atoms with Crippen molar-refractivity contribution in [3.05, 3.63) is 69.7 Å². The van der Waals surface area contributed by atoms with Crippen LogP contribution in [-0.2, 0) is 12.8 Å². The van der Waals surface area contributed by atoms with Crippen LogP contribution in [-0.4, -0.2) is 12.6 Å². The molecule has 0 saturated heterocycles. The first-order valence-electron chi connectivity index (χ1n) is 7.17. The summed E-state index contributed by atoms with van der Waals surface area (Å²) in [6.45, 7) is 5.42. The first-order chi connectivity index (χ1) is 9.63. The Bertz CT molecular complexity index is 533. The molecule has 2 heteroatoms. The molecule has 0 aromatic heterocycles. The Hall–Kier alpha value is -1.12. The van der Waals surface area contributed by atoms with E-state index in [9.17, 15) is 0 Å². The fourth-order valence-corrected chi connectivity index (χ4v) is 2.64. The van der Waals surface area contributed by atoms with E-state index >= 15 is 0 Å². The molecule has 0 radical (unpaired) electrons. The molecule has 0 heterocycles. The van der Waals surface area contributed by atoms with Gasteiger partial charge in [0.2, 0.25) is 0 Å². The lowest BCUT2D eigenvalue weighted by Gasteiger charge is -2.14. The average Bonchev–Trinajstić information content (AvgIpc) is 2.41. The Labute approximate surface area is 130 Å². The standard InChI is InChI=1S/C18H22BrN/c1-14-4-3-5-16(12-14)10-11-20-15(2)13-17-6-8-18(19)9-7-17/h3-9,12,15,20H,10-11,13H2,1-2H3. The predicted octanol–water partition coefficient (Wildman–Crippen LogP) is 4.52. The molecule has 0 saturated carbocycles. The van der Waals surface area contributed by atoms with Gasteiger partial charge in [0.15, 0.2) is 0 Å². The highest BCUT2D eigenvalue weighted by atomic mass is 79.9. The highest BCUT2D eigenvalue weighted by Gasteiger charge is 2.03. The molecule has 1 atom stereocenters. The van der Waals surface area contributed by atoms with E-state index in [4.69, 9.17) is 0 Å². The van der Waals surface area contributed by atoms with Gasteiger partial charge in [0.25, 0.3) is 0 Å². The van der Waals surface area contributed by atoms with Crippen molar-refractivity contribution in [3.8, 4) is 0 Å². The number of hydrogen-bond acceptors (Lipinski definition) is 1. The Morgan fingerprint density at radius 2 is 1.80 bits per heavy atom. The topological polar surface area (TPSA) is 12.0 Å². The summed E-state index contributed by atoms with van der Waals surface area (Å²) in [7, 11) is 0. The molecule has 2 aromatic carbocycles. The van der Waals surface area contributed by atoms with E-state index in [0.29, 0.717) is 6.04 Å². The number of benzene rings is 2. The van der Waals surface area contributed by atoms with Crippen molar-refractivity contribution in [3.63, 3.8) is 0 Å². The van der Waals surface area contributed by atoms with Gasteiger partial charge in [0.05, 0.1) is 0 Å². The summed E-state index contributed by atoms with van der Waals surface area (Å²) in [4.78, 5) is 0. The monoisotopic (exact) mass is 331 g/mol. The zero-order valence-corrected chi connectivity index (χ0v) is 13.8. The molecule has 106 valence electrons. The summed E-state index contributed by atoms with van der Waals surface area (Å²) in [5.74, 6) is 0. The maximum Gasteiger partial charge on any atom is 0.0175 e. The van der Waals surface area contributed by atoms with Gasteiger partial charge in [-0.3, -0.25) is 0 Å². The smallest absolute Gasteiger partial charge is 0.0175 e. The van der Waals surface area contributed by atoms with Gasteiger partial charge in [-0.1, -0.05) is 57.9 Å². The van der Waals surface area contributed by atoms with E-state index in [-0.39, 0.29) is 0 Å². The van der Waals surface area contributed by atoms with Crippen LogP contribution in [0.3, 0.4) is 0 Å². The molecule has 1 nitrogen and oxygen atoms in total. The second-order valence-electron chi connectivity index (χ2n) is 5.42. The van der Waals surface area contributed by atoms with Gasteiger partial charge in [-0.25, -0.2) is 0 Å². The Kier molecular flexibility index (Phi) is 5.81. The van der Waals surface area contributed by atoms with Crippen LogP contribution in [0.2, 0.25) is 0 Å². The molecule has 0 fully saturated rings. The van der Waals surface area contributed by atoms with E-state index in [1.165, 1.54) is 16.7 Å². The summed E-state index contributed by atoms with van der Waals surface area (Å²) in [6.07, 6.45) is 2.16. The second kappa shape index (κ2) is 7.61. The highest BCUT2D eigenvalue weighted by molar-refractivity contribution is 9.10. The van der Waals surface area contributed by atoms with Crippen molar-refractivity contribution in [1.82, 2.24) is 5.32 Å². The van der Waals surface area contributed by atoms with Gasteiger partial charge < -0.3 is 5.32 Å². The maximum atomic E-state index is 3.60. The first kappa shape index (κ1) is 15.3. The van der Waals surface area contributed by atoms with Crippen LogP contribution in [0.5, 0.6) is 0 Å². The molecule has 0 amide bonds. The summed E-state index contributed by atoms with van der Waals surface area (Å²) >= 11 is 3.47. The van der Waals surface area contributed by atoms with Crippen LogP contribution in [0, 0.1) is 6.92 Å². The maximum absolute atomic E-state index is 3.60. The van der Waals surface area contributed by atoms with Crippen molar-refractivity contribution in [2.75, 3.05) is 6.54 Å². The van der Waals surface area contributed by atoms with E-state index in [1.54, 1.807) is 0 Å². The number of hydrogen-bond donors (Lipinski definition) is 1. The van der Waals surface area contributed by atoms with Crippen LogP contribution in [0.4, 0.5) is 0 Å². The van der Waals surface area contributed by atoms with Crippen LogP contribution < -0.4 is 5.32 Å². The van der Waals surface area contributed by atoms with Gasteiger partial charge in [0.1, 0.15) is 0 Å². The third kappa shape index (κ3) is 5.10. The lowest BCUT2D eigenvalue weighted by Crippen LogP contribution is -2.29. The zero-order valence-electron chi connectivity index (χ0n) is 12.2. The number of halogens is 1. The number of rotatable bonds is 6.